The van der Waals surface area contributed by atoms with Crippen molar-refractivity contribution in [1.82, 2.24) is 10.2 Å². The minimum atomic E-state index is -1.25. The molecule has 0 aliphatic carbocycles. The van der Waals surface area contributed by atoms with Crippen molar-refractivity contribution in [3.05, 3.63) is 29.8 Å². The summed E-state index contributed by atoms with van der Waals surface area (Å²) in [5.74, 6) is -1.79. The van der Waals surface area contributed by atoms with E-state index >= 15 is 0 Å². The van der Waals surface area contributed by atoms with Gasteiger partial charge in [-0.05, 0) is 38.5 Å². The molecule has 26 heavy (non-hydrogen) atoms. The fourth-order valence-corrected chi connectivity index (χ4v) is 4.08. The van der Waals surface area contributed by atoms with E-state index in [-0.39, 0.29) is 18.4 Å². The van der Waals surface area contributed by atoms with Crippen LogP contribution in [0, 0.1) is 11.8 Å². The fourth-order valence-electron chi connectivity index (χ4n) is 4.08. The first-order chi connectivity index (χ1) is 12.4. The number of benzene rings is 1. The molecule has 0 unspecified atom stereocenters. The van der Waals surface area contributed by atoms with Crippen molar-refractivity contribution in [3.8, 4) is 5.75 Å². The molecule has 7 nitrogen and oxygen atoms in total. The smallest absolute Gasteiger partial charge is 0.326 e. The number of ether oxygens (including phenoxy) is 2. The Labute approximate surface area is 152 Å². The molecule has 1 aromatic rings. The van der Waals surface area contributed by atoms with E-state index in [4.69, 9.17) is 9.47 Å². The zero-order valence-corrected chi connectivity index (χ0v) is 15.4. The normalized spacial score (nSPS) is 30.5. The number of esters is 1. The number of hydrogen-bond acceptors (Lipinski definition) is 6. The molecule has 7 heteroatoms. The monoisotopic (exact) mass is 360 g/mol. The molecule has 0 aromatic heterocycles. The second kappa shape index (κ2) is 6.72. The Balaban J connectivity index is 2.04. The molecule has 0 radical (unpaired) electrons. The van der Waals surface area contributed by atoms with E-state index in [1.54, 1.807) is 40.0 Å². The maximum atomic E-state index is 12.9. The minimum absolute atomic E-state index is 0.209. The number of methoxy groups -OCH3 is 1. The quantitative estimate of drug-likeness (QED) is 0.629. The molecule has 2 fully saturated rings. The lowest BCUT2D eigenvalue weighted by Crippen LogP contribution is -2.54. The van der Waals surface area contributed by atoms with Crippen molar-refractivity contribution in [2.24, 2.45) is 11.8 Å². The highest BCUT2D eigenvalue weighted by molar-refractivity contribution is 6.09. The van der Waals surface area contributed by atoms with Crippen LogP contribution in [0.25, 0.3) is 0 Å². The van der Waals surface area contributed by atoms with E-state index in [9.17, 15) is 14.4 Å². The molecule has 1 N–H and O–H groups in total. The number of carbonyl (C=O) groups excluding carboxylic acids is 3. The van der Waals surface area contributed by atoms with Gasteiger partial charge in [0.25, 0.3) is 0 Å². The highest BCUT2D eigenvalue weighted by Gasteiger charge is 2.66. The van der Waals surface area contributed by atoms with Gasteiger partial charge in [-0.3, -0.25) is 24.6 Å². The molecular formula is C19H24N2O5. The highest BCUT2D eigenvalue weighted by atomic mass is 16.5. The van der Waals surface area contributed by atoms with Crippen LogP contribution in [0.5, 0.6) is 5.75 Å². The van der Waals surface area contributed by atoms with Gasteiger partial charge in [0.2, 0.25) is 11.8 Å². The lowest BCUT2D eigenvalue weighted by atomic mass is 9.80. The predicted molar refractivity (Wildman–Crippen MR) is 93.3 cm³/mol. The van der Waals surface area contributed by atoms with Crippen LogP contribution in [-0.4, -0.2) is 48.5 Å². The van der Waals surface area contributed by atoms with Gasteiger partial charge in [0.05, 0.1) is 25.6 Å². The van der Waals surface area contributed by atoms with Crippen LogP contribution in [0.3, 0.4) is 0 Å². The van der Waals surface area contributed by atoms with Crippen LogP contribution in [0.2, 0.25) is 0 Å². The summed E-state index contributed by atoms with van der Waals surface area (Å²) in [6.45, 7) is 5.62. The highest BCUT2D eigenvalue weighted by Crippen LogP contribution is 2.49. The molecule has 4 atom stereocenters. The molecule has 0 saturated carbocycles. The second-order valence-electron chi connectivity index (χ2n) is 6.74. The molecule has 0 spiro atoms. The largest absolute Gasteiger partial charge is 0.497 e. The first kappa shape index (κ1) is 18.4. The van der Waals surface area contributed by atoms with Gasteiger partial charge in [-0.2, -0.15) is 0 Å². The summed E-state index contributed by atoms with van der Waals surface area (Å²) >= 11 is 0. The molecule has 2 heterocycles. The van der Waals surface area contributed by atoms with Crippen molar-refractivity contribution >= 4 is 17.8 Å². The Kier molecular flexibility index (Phi) is 4.75. The Morgan fingerprint density at radius 3 is 2.38 bits per heavy atom. The van der Waals surface area contributed by atoms with E-state index in [0.29, 0.717) is 12.3 Å². The summed E-state index contributed by atoms with van der Waals surface area (Å²) in [6, 6.07) is 6.83. The molecule has 3 rings (SSSR count). The van der Waals surface area contributed by atoms with Gasteiger partial charge in [-0.25, -0.2) is 0 Å². The summed E-state index contributed by atoms with van der Waals surface area (Å²) in [5, 5.41) is 3.23. The van der Waals surface area contributed by atoms with Gasteiger partial charge in [-0.1, -0.05) is 12.1 Å². The van der Waals surface area contributed by atoms with E-state index in [0.717, 1.165) is 5.56 Å². The lowest BCUT2D eigenvalue weighted by Gasteiger charge is -2.28. The van der Waals surface area contributed by atoms with E-state index < -0.39 is 29.4 Å². The Bertz CT molecular complexity index is 732. The SMILES string of the molecule is CCOC(=O)[C@]1(C)N[C@H](c2ccc(OC)cc2)[C@H]2C(=O)N(CC)C(=O)[C@H]21. The van der Waals surface area contributed by atoms with Gasteiger partial charge in [-0.15, -0.1) is 0 Å². The van der Waals surface area contributed by atoms with Crippen molar-refractivity contribution in [2.75, 3.05) is 20.3 Å². The standard InChI is InChI=1S/C19H24N2O5/c1-5-21-16(22)13-14(17(21)23)19(3,18(24)26-6-2)20-15(13)11-7-9-12(25-4)10-8-11/h7-10,13-15,20H,5-6H2,1-4H3/t13-,14-,15+,19+/m0/s1. The van der Waals surface area contributed by atoms with Crippen LogP contribution in [0.15, 0.2) is 24.3 Å². The van der Waals surface area contributed by atoms with Crippen LogP contribution in [0.1, 0.15) is 32.4 Å². The van der Waals surface area contributed by atoms with E-state index in [2.05, 4.69) is 5.32 Å². The topological polar surface area (TPSA) is 84.9 Å². The van der Waals surface area contributed by atoms with Gasteiger partial charge >= 0.3 is 5.97 Å². The lowest BCUT2D eigenvalue weighted by molar-refractivity contribution is -0.155. The summed E-state index contributed by atoms with van der Waals surface area (Å²) in [5.41, 5.74) is -0.421. The molecule has 0 bridgehead atoms. The van der Waals surface area contributed by atoms with Crippen molar-refractivity contribution < 1.29 is 23.9 Å². The molecule has 2 saturated heterocycles. The molecule has 2 aliphatic rings. The first-order valence-electron chi connectivity index (χ1n) is 8.83. The summed E-state index contributed by atoms with van der Waals surface area (Å²) in [4.78, 5) is 39.6. The van der Waals surface area contributed by atoms with Gasteiger partial charge in [0.1, 0.15) is 11.3 Å². The number of hydrogen-bond donors (Lipinski definition) is 1. The Morgan fingerprint density at radius 2 is 1.85 bits per heavy atom. The summed E-state index contributed by atoms with van der Waals surface area (Å²) in [6.07, 6.45) is 0. The van der Waals surface area contributed by atoms with Crippen molar-refractivity contribution in [3.63, 3.8) is 0 Å². The number of nitrogens with zero attached hydrogens (tertiary/aromatic N) is 1. The van der Waals surface area contributed by atoms with Gasteiger partial charge in [0, 0.05) is 12.6 Å². The number of fused-ring (bicyclic) bond motifs is 1. The maximum Gasteiger partial charge on any atom is 0.326 e. The average molecular weight is 360 g/mol. The third-order valence-electron chi connectivity index (χ3n) is 5.37. The number of imide groups is 1. The van der Waals surface area contributed by atoms with Crippen molar-refractivity contribution in [2.45, 2.75) is 32.4 Å². The number of amides is 2. The molecule has 1 aromatic carbocycles. The van der Waals surface area contributed by atoms with Crippen LogP contribution in [0.4, 0.5) is 0 Å². The second-order valence-corrected chi connectivity index (χ2v) is 6.74. The third-order valence-corrected chi connectivity index (χ3v) is 5.37. The molecular weight excluding hydrogens is 336 g/mol. The van der Waals surface area contributed by atoms with Crippen LogP contribution in [-0.2, 0) is 19.1 Å². The van der Waals surface area contributed by atoms with E-state index in [1.165, 1.54) is 4.90 Å². The Hall–Kier alpha value is -2.41. The third kappa shape index (κ3) is 2.58. The predicted octanol–water partition coefficient (Wildman–Crippen LogP) is 1.28. The Morgan fingerprint density at radius 1 is 1.19 bits per heavy atom. The van der Waals surface area contributed by atoms with Crippen LogP contribution < -0.4 is 10.1 Å². The van der Waals surface area contributed by atoms with E-state index in [1.807, 2.05) is 12.1 Å². The zero-order chi connectivity index (χ0) is 19.1. The number of carbonyl (C=O) groups is 3. The zero-order valence-electron chi connectivity index (χ0n) is 15.4. The minimum Gasteiger partial charge on any atom is -0.497 e. The van der Waals surface area contributed by atoms with Gasteiger partial charge in [0.15, 0.2) is 0 Å². The molecule has 140 valence electrons. The number of likely N-dealkylation sites (tertiary alicyclic amines) is 1. The fraction of sp³-hybridized carbons (Fsp3) is 0.526. The first-order valence-corrected chi connectivity index (χ1v) is 8.83. The number of nitrogens with one attached hydrogen (secondary N) is 1. The van der Waals surface area contributed by atoms with Crippen molar-refractivity contribution in [1.29, 1.82) is 0 Å². The average Bonchev–Trinajstić information content (AvgIpc) is 3.09. The summed E-state index contributed by atoms with van der Waals surface area (Å²) in [7, 11) is 1.58. The number of rotatable bonds is 5. The molecule has 2 aliphatic heterocycles. The maximum absolute atomic E-state index is 12.9. The summed E-state index contributed by atoms with van der Waals surface area (Å²) < 4.78 is 10.4. The van der Waals surface area contributed by atoms with Crippen LogP contribution >= 0.6 is 0 Å². The van der Waals surface area contributed by atoms with Gasteiger partial charge < -0.3 is 9.47 Å². The molecule has 2 amide bonds.